The number of esters is 1. The van der Waals surface area contributed by atoms with Gasteiger partial charge in [-0.25, -0.2) is 14.8 Å². The van der Waals surface area contributed by atoms with Crippen LogP contribution < -0.4 is 5.32 Å². The van der Waals surface area contributed by atoms with Gasteiger partial charge in [0.15, 0.2) is 5.13 Å². The van der Waals surface area contributed by atoms with Crippen LogP contribution in [0.2, 0.25) is 0 Å². The molecule has 1 N–H and O–H groups in total. The van der Waals surface area contributed by atoms with Crippen LogP contribution in [0.1, 0.15) is 28.2 Å². The van der Waals surface area contributed by atoms with E-state index < -0.39 is 0 Å². The van der Waals surface area contributed by atoms with Gasteiger partial charge in [-0.15, -0.1) is 0 Å². The van der Waals surface area contributed by atoms with Crippen LogP contribution in [-0.2, 0) is 17.7 Å². The molecule has 6 nitrogen and oxygen atoms in total. The SMILES string of the molecule is CCc1cnc(CNc2ncc(C(=O)OC)s2)o1. The van der Waals surface area contributed by atoms with Crippen molar-refractivity contribution in [2.75, 3.05) is 12.4 Å². The second-order valence-electron chi connectivity index (χ2n) is 3.45. The average molecular weight is 267 g/mol. The Morgan fingerprint density at radius 1 is 1.50 bits per heavy atom. The molecule has 7 heteroatoms. The van der Waals surface area contributed by atoms with E-state index in [0.717, 1.165) is 12.2 Å². The second kappa shape index (κ2) is 5.63. The zero-order chi connectivity index (χ0) is 13.0. The Labute approximate surface area is 108 Å². The van der Waals surface area contributed by atoms with Crippen LogP contribution >= 0.6 is 11.3 Å². The predicted octanol–water partition coefficient (Wildman–Crippen LogP) is 2.09. The molecule has 0 saturated heterocycles. The van der Waals surface area contributed by atoms with E-state index in [1.165, 1.54) is 24.6 Å². The fourth-order valence-corrected chi connectivity index (χ4v) is 2.03. The van der Waals surface area contributed by atoms with Gasteiger partial charge in [-0.3, -0.25) is 0 Å². The number of carbonyl (C=O) groups excluding carboxylic acids is 1. The van der Waals surface area contributed by atoms with Crippen LogP contribution in [0, 0.1) is 0 Å². The van der Waals surface area contributed by atoms with Gasteiger partial charge in [-0.05, 0) is 0 Å². The summed E-state index contributed by atoms with van der Waals surface area (Å²) in [6.45, 7) is 2.44. The minimum Gasteiger partial charge on any atom is -0.465 e. The number of aryl methyl sites for hydroxylation is 1. The number of methoxy groups -OCH3 is 1. The molecule has 0 amide bonds. The van der Waals surface area contributed by atoms with E-state index in [0.29, 0.717) is 22.4 Å². The van der Waals surface area contributed by atoms with Crippen molar-refractivity contribution >= 4 is 22.4 Å². The Morgan fingerprint density at radius 2 is 2.33 bits per heavy atom. The van der Waals surface area contributed by atoms with Gasteiger partial charge >= 0.3 is 5.97 Å². The van der Waals surface area contributed by atoms with Gasteiger partial charge in [0.2, 0.25) is 5.89 Å². The van der Waals surface area contributed by atoms with Crippen LogP contribution in [0.15, 0.2) is 16.8 Å². The normalized spacial score (nSPS) is 10.3. The number of rotatable bonds is 5. The van der Waals surface area contributed by atoms with Gasteiger partial charge in [0.1, 0.15) is 10.6 Å². The molecule has 0 saturated carbocycles. The Hall–Kier alpha value is -1.89. The molecule has 2 aromatic rings. The maximum Gasteiger partial charge on any atom is 0.349 e. The van der Waals surface area contributed by atoms with E-state index >= 15 is 0 Å². The third-order valence-electron chi connectivity index (χ3n) is 2.23. The highest BCUT2D eigenvalue weighted by Gasteiger charge is 2.10. The quantitative estimate of drug-likeness (QED) is 0.836. The Bertz CT molecular complexity index is 535. The summed E-state index contributed by atoms with van der Waals surface area (Å²) in [4.78, 5) is 19.9. The smallest absolute Gasteiger partial charge is 0.349 e. The van der Waals surface area contributed by atoms with Crippen LogP contribution in [0.3, 0.4) is 0 Å². The number of thiazole rings is 1. The number of ether oxygens (including phenoxy) is 1. The van der Waals surface area contributed by atoms with Gasteiger partial charge in [0, 0.05) is 6.42 Å². The summed E-state index contributed by atoms with van der Waals surface area (Å²) in [5.41, 5.74) is 0. The first-order valence-electron chi connectivity index (χ1n) is 5.44. The maximum atomic E-state index is 11.2. The van der Waals surface area contributed by atoms with Crippen LogP contribution in [-0.4, -0.2) is 23.0 Å². The third-order valence-corrected chi connectivity index (χ3v) is 3.17. The minimum atomic E-state index is -0.384. The first-order chi connectivity index (χ1) is 8.72. The van der Waals surface area contributed by atoms with E-state index in [2.05, 4.69) is 20.0 Å². The Morgan fingerprint density at radius 3 is 3.00 bits per heavy atom. The van der Waals surface area contributed by atoms with Crippen molar-refractivity contribution in [3.05, 3.63) is 28.9 Å². The molecule has 0 radical (unpaired) electrons. The standard InChI is InChI=1S/C11H13N3O3S/c1-3-7-4-12-9(17-7)6-14-11-13-5-8(18-11)10(15)16-2/h4-5H,3,6H2,1-2H3,(H,13,14). The van der Waals surface area contributed by atoms with Crippen molar-refractivity contribution in [3.63, 3.8) is 0 Å². The molecule has 0 fully saturated rings. The van der Waals surface area contributed by atoms with E-state index in [9.17, 15) is 4.79 Å². The Kier molecular flexibility index (Phi) is 3.93. The van der Waals surface area contributed by atoms with Gasteiger partial charge in [-0.2, -0.15) is 0 Å². The second-order valence-corrected chi connectivity index (χ2v) is 4.48. The number of hydrogen-bond donors (Lipinski definition) is 1. The highest BCUT2D eigenvalue weighted by molar-refractivity contribution is 7.17. The predicted molar refractivity (Wildman–Crippen MR) is 66.7 cm³/mol. The van der Waals surface area contributed by atoms with Crippen LogP contribution in [0.5, 0.6) is 0 Å². The van der Waals surface area contributed by atoms with Crippen molar-refractivity contribution in [1.82, 2.24) is 9.97 Å². The summed E-state index contributed by atoms with van der Waals surface area (Å²) in [7, 11) is 1.34. The van der Waals surface area contributed by atoms with Gasteiger partial charge in [-0.1, -0.05) is 18.3 Å². The molecule has 0 aliphatic carbocycles. The number of hydrogen-bond acceptors (Lipinski definition) is 7. The highest BCUT2D eigenvalue weighted by atomic mass is 32.1. The summed E-state index contributed by atoms with van der Waals surface area (Å²) in [5.74, 6) is 1.06. The number of aromatic nitrogens is 2. The molecule has 2 aromatic heterocycles. The van der Waals surface area contributed by atoms with E-state index in [1.54, 1.807) is 6.20 Å². The fraction of sp³-hybridized carbons (Fsp3) is 0.364. The summed E-state index contributed by atoms with van der Waals surface area (Å²) in [6, 6.07) is 0. The van der Waals surface area contributed by atoms with Gasteiger partial charge < -0.3 is 14.5 Å². The first kappa shape index (κ1) is 12.6. The lowest BCUT2D eigenvalue weighted by molar-refractivity contribution is 0.0606. The number of nitrogens with zero attached hydrogens (tertiary/aromatic N) is 2. The Balaban J connectivity index is 1.93. The molecule has 0 spiro atoms. The molecule has 0 aromatic carbocycles. The molecular formula is C11H13N3O3S. The molecule has 2 heterocycles. The maximum absolute atomic E-state index is 11.2. The van der Waals surface area contributed by atoms with Crippen molar-refractivity contribution in [3.8, 4) is 0 Å². The topological polar surface area (TPSA) is 77.2 Å². The van der Waals surface area contributed by atoms with Crippen molar-refractivity contribution in [2.24, 2.45) is 0 Å². The number of carbonyl (C=O) groups is 1. The largest absolute Gasteiger partial charge is 0.465 e. The summed E-state index contributed by atoms with van der Waals surface area (Å²) in [6.07, 6.45) is 4.00. The lowest BCUT2D eigenvalue weighted by Gasteiger charge is -1.97. The molecular weight excluding hydrogens is 254 g/mol. The number of oxazole rings is 1. The monoisotopic (exact) mass is 267 g/mol. The molecule has 18 heavy (non-hydrogen) atoms. The van der Waals surface area contributed by atoms with Gasteiger partial charge in [0.25, 0.3) is 0 Å². The van der Waals surface area contributed by atoms with E-state index in [1.807, 2.05) is 6.92 Å². The van der Waals surface area contributed by atoms with Crippen molar-refractivity contribution in [2.45, 2.75) is 19.9 Å². The number of anilines is 1. The molecule has 0 aliphatic heterocycles. The summed E-state index contributed by atoms with van der Waals surface area (Å²) >= 11 is 1.23. The fourth-order valence-electron chi connectivity index (χ4n) is 1.30. The van der Waals surface area contributed by atoms with Crippen molar-refractivity contribution < 1.29 is 13.9 Å². The van der Waals surface area contributed by atoms with Crippen LogP contribution in [0.25, 0.3) is 0 Å². The van der Waals surface area contributed by atoms with Crippen molar-refractivity contribution in [1.29, 1.82) is 0 Å². The van der Waals surface area contributed by atoms with Crippen LogP contribution in [0.4, 0.5) is 5.13 Å². The molecule has 0 aliphatic rings. The minimum absolute atomic E-state index is 0.384. The molecule has 96 valence electrons. The molecule has 0 atom stereocenters. The zero-order valence-electron chi connectivity index (χ0n) is 10.1. The average Bonchev–Trinajstić information content (AvgIpc) is 3.04. The summed E-state index contributed by atoms with van der Waals surface area (Å²) in [5, 5.41) is 3.67. The first-order valence-corrected chi connectivity index (χ1v) is 6.26. The summed E-state index contributed by atoms with van der Waals surface area (Å²) < 4.78 is 10.0. The highest BCUT2D eigenvalue weighted by Crippen LogP contribution is 2.19. The zero-order valence-corrected chi connectivity index (χ0v) is 10.9. The lowest BCUT2D eigenvalue weighted by Crippen LogP contribution is -1.98. The lowest BCUT2D eigenvalue weighted by atomic mass is 10.4. The van der Waals surface area contributed by atoms with E-state index in [-0.39, 0.29) is 5.97 Å². The third kappa shape index (κ3) is 2.86. The van der Waals surface area contributed by atoms with Gasteiger partial charge in [0.05, 0.1) is 26.0 Å². The molecule has 2 rings (SSSR count). The number of nitrogens with one attached hydrogen (secondary N) is 1. The molecule has 0 bridgehead atoms. The molecule has 0 unspecified atom stereocenters. The van der Waals surface area contributed by atoms with E-state index in [4.69, 9.17) is 4.42 Å².